The van der Waals surface area contributed by atoms with Crippen LogP contribution in [0.25, 0.3) is 0 Å². The van der Waals surface area contributed by atoms with Gasteiger partial charge in [0.15, 0.2) is 5.78 Å². The van der Waals surface area contributed by atoms with Gasteiger partial charge in [0.2, 0.25) is 0 Å². The van der Waals surface area contributed by atoms with E-state index >= 15 is 0 Å². The molecule has 124 valence electrons. The van der Waals surface area contributed by atoms with E-state index in [9.17, 15) is 9.59 Å². The molecule has 1 saturated heterocycles. The number of methoxy groups -OCH3 is 1. The Morgan fingerprint density at radius 3 is 2.42 bits per heavy atom. The average molecular weight is 325 g/mol. The van der Waals surface area contributed by atoms with Crippen LogP contribution in [-0.4, -0.2) is 36.5 Å². The lowest BCUT2D eigenvalue weighted by atomic mass is 9.94. The van der Waals surface area contributed by atoms with Gasteiger partial charge in [0, 0.05) is 6.42 Å². The molecule has 24 heavy (non-hydrogen) atoms. The molecule has 2 aromatic rings. The van der Waals surface area contributed by atoms with E-state index in [1.54, 1.807) is 7.11 Å². The maximum absolute atomic E-state index is 12.2. The van der Waals surface area contributed by atoms with E-state index in [4.69, 9.17) is 9.47 Å². The van der Waals surface area contributed by atoms with E-state index in [2.05, 4.69) is 0 Å². The molecule has 0 bridgehead atoms. The molecular formula is C19H19NO4. The molecule has 0 aliphatic carbocycles. The number of carbonyl (C=O) groups excluding carboxylic acids is 2. The van der Waals surface area contributed by atoms with E-state index in [0.29, 0.717) is 6.42 Å². The highest BCUT2D eigenvalue weighted by Crippen LogP contribution is 2.21. The molecule has 1 aliphatic heterocycles. The van der Waals surface area contributed by atoms with Crippen molar-refractivity contribution in [3.63, 3.8) is 0 Å². The third-order valence-corrected chi connectivity index (χ3v) is 4.10. The molecule has 1 heterocycles. The molecule has 1 amide bonds. The van der Waals surface area contributed by atoms with E-state index in [1.165, 1.54) is 4.90 Å². The van der Waals surface area contributed by atoms with Crippen LogP contribution in [0.2, 0.25) is 0 Å². The lowest BCUT2D eigenvalue weighted by Crippen LogP contribution is -2.60. The number of carbonyl (C=O) groups is 2. The van der Waals surface area contributed by atoms with Gasteiger partial charge in [-0.1, -0.05) is 42.5 Å². The second-order valence-electron chi connectivity index (χ2n) is 5.70. The summed E-state index contributed by atoms with van der Waals surface area (Å²) in [5.74, 6) is 0.820. The Bertz CT molecular complexity index is 712. The van der Waals surface area contributed by atoms with Gasteiger partial charge in [-0.25, -0.2) is 4.79 Å². The third kappa shape index (κ3) is 3.56. The van der Waals surface area contributed by atoms with Crippen LogP contribution < -0.4 is 4.74 Å². The summed E-state index contributed by atoms with van der Waals surface area (Å²) >= 11 is 0. The summed E-state index contributed by atoms with van der Waals surface area (Å²) in [6.45, 7) is 0.327. The van der Waals surface area contributed by atoms with Crippen molar-refractivity contribution in [2.45, 2.75) is 19.1 Å². The Labute approximate surface area is 140 Å². The van der Waals surface area contributed by atoms with Crippen molar-refractivity contribution in [2.24, 2.45) is 0 Å². The number of Topliss-reactive ketones (excluding diaryl/α,β-unsaturated/α-hetero) is 1. The van der Waals surface area contributed by atoms with Crippen LogP contribution in [-0.2, 0) is 22.6 Å². The fraction of sp³-hybridized carbons (Fsp3) is 0.263. The summed E-state index contributed by atoms with van der Waals surface area (Å²) in [4.78, 5) is 25.5. The van der Waals surface area contributed by atoms with Gasteiger partial charge in [0.25, 0.3) is 0 Å². The van der Waals surface area contributed by atoms with Gasteiger partial charge < -0.3 is 9.47 Å². The number of hydrogen-bond donors (Lipinski definition) is 0. The van der Waals surface area contributed by atoms with E-state index < -0.39 is 12.1 Å². The van der Waals surface area contributed by atoms with Crippen molar-refractivity contribution >= 4 is 11.9 Å². The molecule has 0 saturated carbocycles. The highest BCUT2D eigenvalue weighted by molar-refractivity contribution is 5.97. The van der Waals surface area contributed by atoms with Crippen molar-refractivity contribution < 1.29 is 19.1 Å². The Morgan fingerprint density at radius 1 is 1.08 bits per heavy atom. The summed E-state index contributed by atoms with van der Waals surface area (Å²) in [5.41, 5.74) is 1.90. The fourth-order valence-corrected chi connectivity index (χ4v) is 2.65. The van der Waals surface area contributed by atoms with Gasteiger partial charge >= 0.3 is 6.09 Å². The highest BCUT2D eigenvalue weighted by atomic mass is 16.6. The summed E-state index contributed by atoms with van der Waals surface area (Å²) in [5, 5.41) is 0. The predicted molar refractivity (Wildman–Crippen MR) is 88.8 cm³/mol. The number of benzene rings is 2. The molecule has 1 unspecified atom stereocenters. The van der Waals surface area contributed by atoms with Crippen LogP contribution in [0.3, 0.4) is 0 Å². The largest absolute Gasteiger partial charge is 0.497 e. The Kier molecular flexibility index (Phi) is 4.79. The number of ether oxygens (including phenoxy) is 2. The van der Waals surface area contributed by atoms with E-state index in [-0.39, 0.29) is 18.9 Å². The van der Waals surface area contributed by atoms with Crippen LogP contribution in [0.4, 0.5) is 4.79 Å². The minimum absolute atomic E-state index is 0.0579. The molecule has 5 heteroatoms. The quantitative estimate of drug-likeness (QED) is 0.848. The van der Waals surface area contributed by atoms with Crippen LogP contribution in [0.1, 0.15) is 11.1 Å². The Hall–Kier alpha value is -2.82. The molecular weight excluding hydrogens is 306 g/mol. The maximum Gasteiger partial charge on any atom is 0.411 e. The predicted octanol–water partition coefficient (Wildman–Crippen LogP) is 2.83. The molecule has 2 aromatic carbocycles. The summed E-state index contributed by atoms with van der Waals surface area (Å²) < 4.78 is 10.4. The lowest BCUT2D eigenvalue weighted by Gasteiger charge is -2.38. The molecule has 3 rings (SSSR count). The van der Waals surface area contributed by atoms with Crippen LogP contribution in [0.5, 0.6) is 5.75 Å². The van der Waals surface area contributed by atoms with Crippen molar-refractivity contribution in [2.75, 3.05) is 13.7 Å². The van der Waals surface area contributed by atoms with Crippen LogP contribution in [0.15, 0.2) is 54.6 Å². The van der Waals surface area contributed by atoms with Gasteiger partial charge in [-0.15, -0.1) is 0 Å². The lowest BCUT2D eigenvalue weighted by molar-refractivity contribution is -0.134. The van der Waals surface area contributed by atoms with Gasteiger partial charge in [-0.2, -0.15) is 0 Å². The van der Waals surface area contributed by atoms with Crippen molar-refractivity contribution in [3.8, 4) is 5.75 Å². The smallest absolute Gasteiger partial charge is 0.411 e. The number of nitrogens with zero attached hydrogens (tertiary/aromatic N) is 1. The number of ketones is 1. The molecule has 5 nitrogen and oxygen atoms in total. The van der Waals surface area contributed by atoms with Gasteiger partial charge in [0.05, 0.1) is 13.7 Å². The van der Waals surface area contributed by atoms with Crippen molar-refractivity contribution in [1.82, 2.24) is 4.90 Å². The van der Waals surface area contributed by atoms with Gasteiger partial charge in [0.1, 0.15) is 18.4 Å². The van der Waals surface area contributed by atoms with Crippen molar-refractivity contribution in [1.29, 1.82) is 0 Å². The monoisotopic (exact) mass is 325 g/mol. The van der Waals surface area contributed by atoms with Gasteiger partial charge in [-0.05, 0) is 23.3 Å². The summed E-state index contributed by atoms with van der Waals surface area (Å²) in [7, 11) is 1.61. The number of likely N-dealkylation sites (tertiary alicyclic amines) is 1. The van der Waals surface area contributed by atoms with Crippen LogP contribution >= 0.6 is 0 Å². The topological polar surface area (TPSA) is 55.8 Å². The first-order valence-electron chi connectivity index (χ1n) is 7.80. The van der Waals surface area contributed by atoms with E-state index in [1.807, 2.05) is 54.6 Å². The zero-order valence-corrected chi connectivity index (χ0v) is 13.5. The molecule has 1 atom stereocenters. The minimum Gasteiger partial charge on any atom is -0.497 e. The SMILES string of the molecule is COc1ccc(CC2C(=O)CN2C(=O)OCc2ccccc2)cc1. The van der Waals surface area contributed by atoms with Crippen molar-refractivity contribution in [3.05, 3.63) is 65.7 Å². The molecule has 0 radical (unpaired) electrons. The Morgan fingerprint density at radius 2 is 1.79 bits per heavy atom. The summed E-state index contributed by atoms with van der Waals surface area (Å²) in [6.07, 6.45) is 0.0421. The third-order valence-electron chi connectivity index (χ3n) is 4.10. The van der Waals surface area contributed by atoms with E-state index in [0.717, 1.165) is 16.9 Å². The standard InChI is InChI=1S/C19H19NO4/c1-23-16-9-7-14(8-10-16)11-17-18(21)12-20(17)19(22)24-13-15-5-3-2-4-6-15/h2-10,17H,11-13H2,1H3. The molecule has 0 aromatic heterocycles. The zero-order chi connectivity index (χ0) is 16.9. The Balaban J connectivity index is 1.57. The maximum atomic E-state index is 12.2. The second-order valence-corrected chi connectivity index (χ2v) is 5.70. The average Bonchev–Trinajstić information content (AvgIpc) is 2.63. The number of hydrogen-bond acceptors (Lipinski definition) is 4. The fourth-order valence-electron chi connectivity index (χ4n) is 2.65. The first-order valence-corrected chi connectivity index (χ1v) is 7.80. The second kappa shape index (κ2) is 7.17. The molecule has 0 N–H and O–H groups in total. The first kappa shape index (κ1) is 16.1. The molecule has 0 spiro atoms. The number of rotatable bonds is 5. The summed E-state index contributed by atoms with van der Waals surface area (Å²) in [6, 6.07) is 16.5. The zero-order valence-electron chi connectivity index (χ0n) is 13.5. The molecule has 1 aliphatic rings. The first-order chi connectivity index (χ1) is 11.7. The van der Waals surface area contributed by atoms with Crippen LogP contribution in [0, 0.1) is 0 Å². The normalized spacial score (nSPS) is 16.5. The highest BCUT2D eigenvalue weighted by Gasteiger charge is 2.41. The minimum atomic E-state index is -0.447. The van der Waals surface area contributed by atoms with Gasteiger partial charge in [-0.3, -0.25) is 9.69 Å². The molecule has 1 fully saturated rings. The number of amides is 1.